The highest BCUT2D eigenvalue weighted by Gasteiger charge is 2.63. The molecule has 3 heterocycles. The second-order valence-corrected chi connectivity index (χ2v) is 15.1. The molecule has 0 amide bonds. The number of aryl methyl sites for hydroxylation is 2. The average molecular weight is 666 g/mol. The number of benzene rings is 3. The highest BCUT2D eigenvalue weighted by atomic mass is 35.5. The van der Waals surface area contributed by atoms with Gasteiger partial charge in [-0.2, -0.15) is 4.31 Å². The molecule has 0 bridgehead atoms. The number of fused-ring (bicyclic) bond motifs is 1. The predicted octanol–water partition coefficient (Wildman–Crippen LogP) is 4.47. The van der Waals surface area contributed by atoms with Crippen LogP contribution < -0.4 is 0 Å². The largest absolute Gasteiger partial charge is 0.468 e. The average Bonchev–Trinajstić information content (AvgIpc) is 3.63. The number of ether oxygens (including phenoxy) is 1. The molecule has 11 nitrogen and oxygen atoms in total. The van der Waals surface area contributed by atoms with E-state index in [0.29, 0.717) is 5.56 Å². The number of halogens is 1. The highest BCUT2D eigenvalue weighted by molar-refractivity contribution is 7.92. The van der Waals surface area contributed by atoms with E-state index < -0.39 is 49.2 Å². The van der Waals surface area contributed by atoms with Crippen LogP contribution in [0.25, 0.3) is 11.2 Å². The molecule has 1 aliphatic heterocycles. The summed E-state index contributed by atoms with van der Waals surface area (Å²) in [6.45, 7) is 3.64. The molecule has 0 radical (unpaired) electrons. The van der Waals surface area contributed by atoms with Crippen molar-refractivity contribution in [2.75, 3.05) is 7.11 Å². The minimum absolute atomic E-state index is 0.00745. The topological polar surface area (TPSA) is 141 Å². The lowest BCUT2D eigenvalue weighted by atomic mass is 10.0. The van der Waals surface area contributed by atoms with Crippen molar-refractivity contribution < 1.29 is 26.4 Å². The standard InChI is InChI=1S/C31H28ClN5O6S2/c1-19-9-13-22(14-10-19)44(39,40)28-25(21-7-5-4-6-8-21)37(45(41,42)23-15-11-20(2)12-16-23)27(31(38)43-3)26(28)36-18-35-24-29(32)33-17-34-30(24)36/h4-18,25-28H,1-3H3/t25-,26-,27-,28-/m1/s1. The molecule has 2 aromatic heterocycles. The van der Waals surface area contributed by atoms with Gasteiger partial charge in [0, 0.05) is 0 Å². The van der Waals surface area contributed by atoms with E-state index in [1.807, 2.05) is 13.8 Å². The van der Waals surface area contributed by atoms with Gasteiger partial charge in [0.2, 0.25) is 10.0 Å². The molecule has 0 N–H and O–H groups in total. The number of imidazole rings is 1. The van der Waals surface area contributed by atoms with Gasteiger partial charge >= 0.3 is 5.97 Å². The molecule has 0 unspecified atom stereocenters. The first kappa shape index (κ1) is 30.8. The van der Waals surface area contributed by atoms with Gasteiger partial charge < -0.3 is 9.30 Å². The summed E-state index contributed by atoms with van der Waals surface area (Å²) in [5, 5.41) is -1.55. The number of nitrogens with zero attached hydrogens (tertiary/aromatic N) is 5. The number of rotatable bonds is 7. The summed E-state index contributed by atoms with van der Waals surface area (Å²) in [5.74, 6) is -0.958. The number of aromatic nitrogens is 4. The van der Waals surface area contributed by atoms with Crippen LogP contribution in [0.15, 0.2) is 101 Å². The Morgan fingerprint density at radius 2 is 1.42 bits per heavy atom. The van der Waals surface area contributed by atoms with E-state index in [1.165, 1.54) is 41.5 Å². The molecular weight excluding hydrogens is 638 g/mol. The lowest BCUT2D eigenvalue weighted by Gasteiger charge is -2.29. The fourth-order valence-electron chi connectivity index (χ4n) is 5.91. The molecule has 0 spiro atoms. The first-order valence-corrected chi connectivity index (χ1v) is 17.2. The minimum atomic E-state index is -4.55. The second kappa shape index (κ2) is 11.6. The molecule has 0 saturated carbocycles. The Bertz CT molecular complexity index is 2110. The maximum atomic E-state index is 14.9. The maximum Gasteiger partial charge on any atom is 0.326 e. The Labute approximate surface area is 265 Å². The Kier molecular flexibility index (Phi) is 7.98. The molecule has 6 rings (SSSR count). The van der Waals surface area contributed by atoms with Gasteiger partial charge in [0.25, 0.3) is 0 Å². The summed E-state index contributed by atoms with van der Waals surface area (Å²) >= 11 is 6.32. The molecule has 3 aromatic carbocycles. The van der Waals surface area contributed by atoms with Crippen molar-refractivity contribution in [3.63, 3.8) is 0 Å². The van der Waals surface area contributed by atoms with Gasteiger partial charge in [-0.1, -0.05) is 77.3 Å². The van der Waals surface area contributed by atoms with E-state index in [-0.39, 0.29) is 26.1 Å². The van der Waals surface area contributed by atoms with Crippen LogP contribution in [0, 0.1) is 13.8 Å². The Morgan fingerprint density at radius 1 is 0.822 bits per heavy atom. The Morgan fingerprint density at radius 3 is 2.02 bits per heavy atom. The van der Waals surface area contributed by atoms with Crippen LogP contribution in [0.1, 0.15) is 28.8 Å². The normalized spacial score (nSPS) is 20.8. The molecule has 5 aromatic rings. The van der Waals surface area contributed by atoms with Crippen molar-refractivity contribution in [1.82, 2.24) is 23.8 Å². The summed E-state index contributed by atoms with van der Waals surface area (Å²) in [4.78, 5) is 26.3. The van der Waals surface area contributed by atoms with Crippen molar-refractivity contribution in [1.29, 1.82) is 0 Å². The summed E-state index contributed by atoms with van der Waals surface area (Å²) in [7, 11) is -7.83. The fraction of sp³-hybridized carbons (Fsp3) is 0.226. The fourth-order valence-corrected chi connectivity index (χ4v) is 10.1. The quantitative estimate of drug-likeness (QED) is 0.182. The molecule has 4 atom stereocenters. The monoisotopic (exact) mass is 665 g/mol. The van der Waals surface area contributed by atoms with Gasteiger partial charge in [0.05, 0.1) is 35.3 Å². The van der Waals surface area contributed by atoms with Crippen molar-refractivity contribution in [2.24, 2.45) is 0 Å². The summed E-state index contributed by atoms with van der Waals surface area (Å²) in [5.41, 5.74) is 2.30. The van der Waals surface area contributed by atoms with Gasteiger partial charge in [0.1, 0.15) is 23.1 Å². The van der Waals surface area contributed by atoms with Gasteiger partial charge in [-0.05, 0) is 43.7 Å². The van der Waals surface area contributed by atoms with E-state index in [2.05, 4.69) is 15.0 Å². The van der Waals surface area contributed by atoms with E-state index in [9.17, 15) is 21.6 Å². The smallest absolute Gasteiger partial charge is 0.326 e. The molecule has 14 heteroatoms. The summed E-state index contributed by atoms with van der Waals surface area (Å²) in [6.07, 6.45) is 2.48. The van der Waals surface area contributed by atoms with Crippen molar-refractivity contribution in [3.05, 3.63) is 113 Å². The number of carbonyl (C=O) groups is 1. The number of esters is 1. The third kappa shape index (κ3) is 5.19. The molecule has 1 fully saturated rings. The molecule has 1 aliphatic rings. The number of sulfone groups is 1. The Balaban J connectivity index is 1.72. The van der Waals surface area contributed by atoms with Crippen molar-refractivity contribution in [3.8, 4) is 0 Å². The third-order valence-electron chi connectivity index (χ3n) is 8.04. The van der Waals surface area contributed by atoms with Crippen LogP contribution in [0.3, 0.4) is 0 Å². The van der Waals surface area contributed by atoms with Gasteiger partial charge in [-0.25, -0.2) is 31.8 Å². The van der Waals surface area contributed by atoms with E-state index >= 15 is 0 Å². The van der Waals surface area contributed by atoms with Crippen LogP contribution in [-0.2, 0) is 29.4 Å². The zero-order valence-corrected chi connectivity index (χ0v) is 26.7. The number of carbonyl (C=O) groups excluding carboxylic acids is 1. The molecular formula is C31H28ClN5O6S2. The summed E-state index contributed by atoms with van der Waals surface area (Å²) < 4.78 is 66.7. The zero-order chi connectivity index (χ0) is 32.1. The highest BCUT2D eigenvalue weighted by Crippen LogP contribution is 2.51. The predicted molar refractivity (Wildman–Crippen MR) is 167 cm³/mol. The van der Waals surface area contributed by atoms with E-state index in [0.717, 1.165) is 22.5 Å². The van der Waals surface area contributed by atoms with E-state index in [4.69, 9.17) is 16.3 Å². The van der Waals surface area contributed by atoms with Gasteiger partial charge in [0.15, 0.2) is 20.6 Å². The number of hydrogen-bond donors (Lipinski definition) is 0. The van der Waals surface area contributed by atoms with Crippen molar-refractivity contribution in [2.45, 2.75) is 47.0 Å². The van der Waals surface area contributed by atoms with Crippen molar-refractivity contribution >= 4 is 48.6 Å². The molecule has 232 valence electrons. The summed E-state index contributed by atoms with van der Waals surface area (Å²) in [6, 6.07) is 16.3. The molecule has 45 heavy (non-hydrogen) atoms. The van der Waals surface area contributed by atoms with Crippen LogP contribution in [0.5, 0.6) is 0 Å². The number of hydrogen-bond acceptors (Lipinski definition) is 9. The van der Waals surface area contributed by atoms with Gasteiger partial charge in [-0.15, -0.1) is 0 Å². The van der Waals surface area contributed by atoms with Crippen LogP contribution >= 0.6 is 11.6 Å². The zero-order valence-electron chi connectivity index (χ0n) is 24.3. The van der Waals surface area contributed by atoms with Gasteiger partial charge in [-0.3, -0.25) is 4.79 Å². The number of methoxy groups -OCH3 is 1. The van der Waals surface area contributed by atoms with Crippen LogP contribution in [0.2, 0.25) is 5.15 Å². The van der Waals surface area contributed by atoms with Crippen LogP contribution in [0.4, 0.5) is 0 Å². The lowest BCUT2D eigenvalue weighted by Crippen LogP contribution is -2.45. The SMILES string of the molecule is COC(=O)[C@H]1[C@@H](n2cnc3c(Cl)ncnc32)[C@H](S(=O)(=O)c2ccc(C)cc2)[C@@H](c2ccccc2)N1S(=O)(=O)c1ccc(C)cc1. The minimum Gasteiger partial charge on any atom is -0.468 e. The number of sulfonamides is 1. The molecule has 1 saturated heterocycles. The lowest BCUT2D eigenvalue weighted by molar-refractivity contribution is -0.145. The second-order valence-electron chi connectivity index (χ2n) is 10.8. The first-order chi connectivity index (χ1) is 21.5. The molecule has 0 aliphatic carbocycles. The third-order valence-corrected chi connectivity index (χ3v) is 12.4. The maximum absolute atomic E-state index is 14.9. The van der Waals surface area contributed by atoms with E-state index in [1.54, 1.807) is 54.6 Å². The Hall–Kier alpha value is -4.17. The van der Waals surface area contributed by atoms with Crippen LogP contribution in [-0.4, -0.2) is 65.0 Å². The first-order valence-electron chi connectivity index (χ1n) is 13.8.